The molecule has 1 saturated heterocycles. The lowest BCUT2D eigenvalue weighted by atomic mass is 9.93. The van der Waals surface area contributed by atoms with Crippen molar-refractivity contribution >= 4 is 5.91 Å². The molecule has 0 saturated carbocycles. The molecule has 0 aliphatic carbocycles. The molecule has 1 fully saturated rings. The predicted octanol–water partition coefficient (Wildman–Crippen LogP) is 2.57. The van der Waals surface area contributed by atoms with Gasteiger partial charge in [-0.25, -0.2) is 0 Å². The number of benzene rings is 1. The van der Waals surface area contributed by atoms with Crippen molar-refractivity contribution in [3.63, 3.8) is 0 Å². The Balaban J connectivity index is 2.18. The second-order valence-corrected chi connectivity index (χ2v) is 5.64. The number of phenols is 1. The third-order valence-corrected chi connectivity index (χ3v) is 3.42. The minimum atomic E-state index is 0.0193. The summed E-state index contributed by atoms with van der Waals surface area (Å²) in [7, 11) is 0. The van der Waals surface area contributed by atoms with Crippen molar-refractivity contribution in [1.29, 1.82) is 0 Å². The number of aromatic hydroxyl groups is 1. The summed E-state index contributed by atoms with van der Waals surface area (Å²) in [5, 5.41) is 9.62. The number of rotatable bonds is 1. The highest BCUT2D eigenvalue weighted by Gasteiger charge is 2.32. The molecule has 2 rings (SSSR count). The summed E-state index contributed by atoms with van der Waals surface area (Å²) in [6.07, 6.45) is 1.04. The molecular weight excluding hydrogens is 214 g/mol. The Labute approximate surface area is 102 Å². The molecule has 1 amide bonds. The Morgan fingerprint density at radius 3 is 2.65 bits per heavy atom. The van der Waals surface area contributed by atoms with Gasteiger partial charge in [-0.1, -0.05) is 19.9 Å². The van der Waals surface area contributed by atoms with Crippen LogP contribution in [0.15, 0.2) is 18.2 Å². The van der Waals surface area contributed by atoms with Crippen LogP contribution >= 0.6 is 0 Å². The molecule has 1 aromatic rings. The Hall–Kier alpha value is -1.51. The molecule has 1 aliphatic rings. The van der Waals surface area contributed by atoms with Crippen molar-refractivity contribution in [1.82, 2.24) is 4.90 Å². The van der Waals surface area contributed by atoms with Gasteiger partial charge < -0.3 is 10.0 Å². The van der Waals surface area contributed by atoms with E-state index in [1.54, 1.807) is 18.2 Å². The van der Waals surface area contributed by atoms with Gasteiger partial charge in [0.15, 0.2) is 0 Å². The number of carbonyl (C=O) groups is 1. The summed E-state index contributed by atoms with van der Waals surface area (Å²) in [5.74, 6) is 0.209. The summed E-state index contributed by atoms with van der Waals surface area (Å²) in [6, 6.07) is 5.12. The molecule has 0 bridgehead atoms. The first kappa shape index (κ1) is 12.0. The lowest BCUT2D eigenvalue weighted by molar-refractivity contribution is 0.0778. The van der Waals surface area contributed by atoms with Crippen LogP contribution in [0, 0.1) is 12.3 Å². The standard InChI is InChI=1S/C14H19NO2/c1-10-4-5-11(8-12(10)16)13(17)15-7-6-14(2,3)9-15/h4-5,8,16H,6-7,9H2,1-3H3. The maximum Gasteiger partial charge on any atom is 0.254 e. The molecule has 1 N–H and O–H groups in total. The molecule has 1 heterocycles. The van der Waals surface area contributed by atoms with Gasteiger partial charge in [0.2, 0.25) is 0 Å². The second-order valence-electron chi connectivity index (χ2n) is 5.64. The van der Waals surface area contributed by atoms with Gasteiger partial charge in [0.05, 0.1) is 0 Å². The third kappa shape index (κ3) is 2.43. The molecule has 0 radical (unpaired) electrons. The molecule has 3 nitrogen and oxygen atoms in total. The lowest BCUT2D eigenvalue weighted by Crippen LogP contribution is -2.30. The number of hydrogen-bond acceptors (Lipinski definition) is 2. The highest BCUT2D eigenvalue weighted by atomic mass is 16.3. The van der Waals surface area contributed by atoms with Crippen molar-refractivity contribution in [2.24, 2.45) is 5.41 Å². The first-order chi connectivity index (χ1) is 7.89. The largest absolute Gasteiger partial charge is 0.508 e. The summed E-state index contributed by atoms with van der Waals surface area (Å²) < 4.78 is 0. The van der Waals surface area contributed by atoms with Gasteiger partial charge in [-0.2, -0.15) is 0 Å². The van der Waals surface area contributed by atoms with Crippen molar-refractivity contribution in [3.05, 3.63) is 29.3 Å². The zero-order chi connectivity index (χ0) is 12.6. The fourth-order valence-corrected chi connectivity index (χ4v) is 2.21. The number of carbonyl (C=O) groups excluding carboxylic acids is 1. The van der Waals surface area contributed by atoms with Crippen LogP contribution in [0.1, 0.15) is 36.2 Å². The monoisotopic (exact) mass is 233 g/mol. The van der Waals surface area contributed by atoms with E-state index in [4.69, 9.17) is 0 Å². The maximum atomic E-state index is 12.2. The number of amides is 1. The van der Waals surface area contributed by atoms with E-state index in [9.17, 15) is 9.90 Å². The van der Waals surface area contributed by atoms with Crippen molar-refractivity contribution in [3.8, 4) is 5.75 Å². The molecule has 0 aromatic heterocycles. The van der Waals surface area contributed by atoms with Crippen molar-refractivity contribution in [2.45, 2.75) is 27.2 Å². The van der Waals surface area contributed by atoms with Crippen LogP contribution in [0.2, 0.25) is 0 Å². The summed E-state index contributed by atoms with van der Waals surface area (Å²) in [5.41, 5.74) is 1.58. The van der Waals surface area contributed by atoms with Crippen LogP contribution in [0.25, 0.3) is 0 Å². The zero-order valence-corrected chi connectivity index (χ0v) is 10.7. The normalized spacial score (nSPS) is 18.4. The zero-order valence-electron chi connectivity index (χ0n) is 10.7. The number of phenolic OH excluding ortho intramolecular Hbond substituents is 1. The minimum absolute atomic E-state index is 0.0193. The van der Waals surface area contributed by atoms with Crippen LogP contribution < -0.4 is 0 Å². The molecule has 0 spiro atoms. The molecule has 1 aliphatic heterocycles. The first-order valence-electron chi connectivity index (χ1n) is 5.98. The van der Waals surface area contributed by atoms with Gasteiger partial charge >= 0.3 is 0 Å². The van der Waals surface area contributed by atoms with Crippen LogP contribution in [0.5, 0.6) is 5.75 Å². The van der Waals surface area contributed by atoms with E-state index in [0.29, 0.717) is 5.56 Å². The Bertz CT molecular complexity index is 452. The van der Waals surface area contributed by atoms with Crippen LogP contribution in [0.4, 0.5) is 0 Å². The topological polar surface area (TPSA) is 40.5 Å². The molecular formula is C14H19NO2. The van der Waals surface area contributed by atoms with E-state index < -0.39 is 0 Å². The molecule has 17 heavy (non-hydrogen) atoms. The summed E-state index contributed by atoms with van der Waals surface area (Å²) in [6.45, 7) is 7.77. The van der Waals surface area contributed by atoms with E-state index >= 15 is 0 Å². The highest BCUT2D eigenvalue weighted by Crippen LogP contribution is 2.30. The second kappa shape index (κ2) is 4.06. The fourth-order valence-electron chi connectivity index (χ4n) is 2.21. The van der Waals surface area contributed by atoms with Gasteiger partial charge in [-0.15, -0.1) is 0 Å². The predicted molar refractivity (Wildman–Crippen MR) is 67.1 cm³/mol. The Kier molecular flexibility index (Phi) is 2.86. The number of nitrogens with zero attached hydrogens (tertiary/aromatic N) is 1. The van der Waals surface area contributed by atoms with E-state index in [1.807, 2.05) is 11.8 Å². The number of aryl methyl sites for hydroxylation is 1. The van der Waals surface area contributed by atoms with E-state index in [1.165, 1.54) is 0 Å². The van der Waals surface area contributed by atoms with Crippen LogP contribution in [-0.4, -0.2) is 29.0 Å². The van der Waals surface area contributed by atoms with E-state index in [0.717, 1.165) is 25.1 Å². The quantitative estimate of drug-likeness (QED) is 0.810. The third-order valence-electron chi connectivity index (χ3n) is 3.42. The molecule has 3 heteroatoms. The number of hydrogen-bond donors (Lipinski definition) is 1. The van der Waals surface area contributed by atoms with Gasteiger partial charge in [-0.3, -0.25) is 4.79 Å². The SMILES string of the molecule is Cc1ccc(C(=O)N2CCC(C)(C)C2)cc1O. The van der Waals surface area contributed by atoms with E-state index in [2.05, 4.69) is 13.8 Å². The lowest BCUT2D eigenvalue weighted by Gasteiger charge is -2.20. The van der Waals surface area contributed by atoms with Crippen molar-refractivity contribution in [2.75, 3.05) is 13.1 Å². The first-order valence-corrected chi connectivity index (χ1v) is 5.98. The van der Waals surface area contributed by atoms with Gasteiger partial charge in [0, 0.05) is 18.7 Å². The van der Waals surface area contributed by atoms with Crippen LogP contribution in [0.3, 0.4) is 0 Å². The van der Waals surface area contributed by atoms with Crippen LogP contribution in [-0.2, 0) is 0 Å². The summed E-state index contributed by atoms with van der Waals surface area (Å²) >= 11 is 0. The average Bonchev–Trinajstić information content (AvgIpc) is 2.62. The minimum Gasteiger partial charge on any atom is -0.508 e. The van der Waals surface area contributed by atoms with Crippen molar-refractivity contribution < 1.29 is 9.90 Å². The van der Waals surface area contributed by atoms with E-state index in [-0.39, 0.29) is 17.1 Å². The summed E-state index contributed by atoms with van der Waals surface area (Å²) in [4.78, 5) is 14.1. The number of likely N-dealkylation sites (tertiary alicyclic amines) is 1. The van der Waals surface area contributed by atoms with Gasteiger partial charge in [0.1, 0.15) is 5.75 Å². The molecule has 0 unspecified atom stereocenters. The highest BCUT2D eigenvalue weighted by molar-refractivity contribution is 5.95. The molecule has 0 atom stereocenters. The van der Waals surface area contributed by atoms with Gasteiger partial charge in [-0.05, 0) is 36.5 Å². The Morgan fingerprint density at radius 2 is 2.12 bits per heavy atom. The molecule has 92 valence electrons. The maximum absolute atomic E-state index is 12.2. The average molecular weight is 233 g/mol. The smallest absolute Gasteiger partial charge is 0.254 e. The molecule has 1 aromatic carbocycles. The fraction of sp³-hybridized carbons (Fsp3) is 0.500. The Morgan fingerprint density at radius 1 is 1.41 bits per heavy atom. The van der Waals surface area contributed by atoms with Gasteiger partial charge in [0.25, 0.3) is 5.91 Å².